The van der Waals surface area contributed by atoms with Crippen molar-refractivity contribution in [3.8, 4) is 17.6 Å². The molecule has 0 spiro atoms. The molecule has 0 amide bonds. The molecule has 3 nitrogen and oxygen atoms in total. The molecule has 0 aliphatic rings. The minimum absolute atomic E-state index is 0.580. The maximum atomic E-state index is 8.88. The monoisotopic (exact) mass is 238 g/mol. The summed E-state index contributed by atoms with van der Waals surface area (Å²) in [5, 5.41) is 8.88. The Kier molecular flexibility index (Phi) is 3.20. The van der Waals surface area contributed by atoms with Crippen LogP contribution >= 0.6 is 0 Å². The summed E-state index contributed by atoms with van der Waals surface area (Å²) in [4.78, 5) is 0. The minimum Gasteiger partial charge on any atom is -0.457 e. The average molecular weight is 238 g/mol. The molecule has 3 heteroatoms. The Labute approximate surface area is 106 Å². The van der Waals surface area contributed by atoms with Crippen molar-refractivity contribution in [3.05, 3.63) is 53.1 Å². The highest BCUT2D eigenvalue weighted by atomic mass is 16.5. The van der Waals surface area contributed by atoms with E-state index in [1.54, 1.807) is 18.2 Å². The number of nitrogen functional groups attached to an aromatic ring is 1. The first kappa shape index (κ1) is 12.0. The van der Waals surface area contributed by atoms with Gasteiger partial charge in [0, 0.05) is 11.8 Å². The lowest BCUT2D eigenvalue weighted by molar-refractivity contribution is 0.478. The summed E-state index contributed by atoms with van der Waals surface area (Å²) in [6.45, 7) is 3.90. The van der Waals surface area contributed by atoms with Crippen molar-refractivity contribution in [1.29, 1.82) is 5.26 Å². The SMILES string of the molecule is Cc1cc(N)cc(Oc2cc(C#N)ccc2C)c1. The number of rotatable bonds is 2. The topological polar surface area (TPSA) is 59.0 Å². The van der Waals surface area contributed by atoms with Crippen LogP contribution in [0.1, 0.15) is 16.7 Å². The van der Waals surface area contributed by atoms with Crippen LogP contribution in [0.3, 0.4) is 0 Å². The lowest BCUT2D eigenvalue weighted by Crippen LogP contribution is -1.92. The average Bonchev–Trinajstić information content (AvgIpc) is 2.30. The summed E-state index contributed by atoms with van der Waals surface area (Å²) in [6.07, 6.45) is 0. The van der Waals surface area contributed by atoms with Crippen molar-refractivity contribution in [1.82, 2.24) is 0 Å². The van der Waals surface area contributed by atoms with E-state index >= 15 is 0 Å². The van der Waals surface area contributed by atoms with Gasteiger partial charge in [0.05, 0.1) is 11.6 Å². The van der Waals surface area contributed by atoms with E-state index in [2.05, 4.69) is 6.07 Å². The first-order chi connectivity index (χ1) is 8.58. The molecule has 0 saturated carbocycles. The van der Waals surface area contributed by atoms with E-state index in [9.17, 15) is 0 Å². The van der Waals surface area contributed by atoms with E-state index < -0.39 is 0 Å². The molecule has 0 aliphatic carbocycles. The van der Waals surface area contributed by atoms with Gasteiger partial charge in [-0.2, -0.15) is 5.26 Å². The zero-order chi connectivity index (χ0) is 13.1. The van der Waals surface area contributed by atoms with E-state index in [1.807, 2.05) is 32.0 Å². The minimum atomic E-state index is 0.580. The molecule has 0 aromatic heterocycles. The first-order valence-electron chi connectivity index (χ1n) is 5.64. The molecule has 90 valence electrons. The van der Waals surface area contributed by atoms with Crippen LogP contribution in [0.5, 0.6) is 11.5 Å². The van der Waals surface area contributed by atoms with Crippen LogP contribution in [0, 0.1) is 25.2 Å². The molecule has 0 atom stereocenters. The third-order valence-electron chi connectivity index (χ3n) is 2.62. The first-order valence-corrected chi connectivity index (χ1v) is 5.64. The number of hydrogen-bond acceptors (Lipinski definition) is 3. The standard InChI is InChI=1S/C15H14N2O/c1-10-5-13(17)8-14(6-10)18-15-7-12(9-16)4-3-11(15)2/h3-8H,17H2,1-2H3. The molecule has 2 N–H and O–H groups in total. The van der Waals surface area contributed by atoms with Crippen LogP contribution < -0.4 is 10.5 Å². The third-order valence-corrected chi connectivity index (χ3v) is 2.62. The largest absolute Gasteiger partial charge is 0.457 e. The van der Waals surface area contributed by atoms with Gasteiger partial charge in [-0.25, -0.2) is 0 Å². The Morgan fingerprint density at radius 2 is 1.89 bits per heavy atom. The maximum absolute atomic E-state index is 8.88. The smallest absolute Gasteiger partial charge is 0.131 e. The van der Waals surface area contributed by atoms with Gasteiger partial charge in [0.15, 0.2) is 0 Å². The number of aryl methyl sites for hydroxylation is 2. The summed E-state index contributed by atoms with van der Waals surface area (Å²) in [5.41, 5.74) is 9.04. The highest BCUT2D eigenvalue weighted by Crippen LogP contribution is 2.28. The summed E-state index contributed by atoms with van der Waals surface area (Å²) < 4.78 is 5.78. The van der Waals surface area contributed by atoms with Gasteiger partial charge < -0.3 is 10.5 Å². The highest BCUT2D eigenvalue weighted by Gasteiger charge is 2.04. The Hall–Kier alpha value is -2.47. The molecule has 0 fully saturated rings. The Balaban J connectivity index is 2.36. The summed E-state index contributed by atoms with van der Waals surface area (Å²) >= 11 is 0. The zero-order valence-electron chi connectivity index (χ0n) is 10.4. The van der Waals surface area contributed by atoms with Gasteiger partial charge in [-0.1, -0.05) is 6.07 Å². The van der Waals surface area contributed by atoms with Gasteiger partial charge in [-0.15, -0.1) is 0 Å². The summed E-state index contributed by atoms with van der Waals surface area (Å²) in [7, 11) is 0. The van der Waals surface area contributed by atoms with Crippen molar-refractivity contribution < 1.29 is 4.74 Å². The molecule has 2 aromatic rings. The molecular formula is C15H14N2O. The van der Waals surface area contributed by atoms with Crippen LogP contribution in [0.4, 0.5) is 5.69 Å². The van der Waals surface area contributed by atoms with Gasteiger partial charge in [0.25, 0.3) is 0 Å². The molecular weight excluding hydrogens is 224 g/mol. The number of nitrogens with zero attached hydrogens (tertiary/aromatic N) is 1. The second-order valence-corrected chi connectivity index (χ2v) is 4.27. The Morgan fingerprint density at radius 1 is 1.11 bits per heavy atom. The molecule has 0 aliphatic heterocycles. The zero-order valence-corrected chi connectivity index (χ0v) is 10.4. The molecule has 0 saturated heterocycles. The van der Waals surface area contributed by atoms with Crippen molar-refractivity contribution >= 4 is 5.69 Å². The quantitative estimate of drug-likeness (QED) is 0.814. The van der Waals surface area contributed by atoms with E-state index in [1.165, 1.54) is 0 Å². The molecule has 0 bridgehead atoms. The van der Waals surface area contributed by atoms with Crippen molar-refractivity contribution in [2.45, 2.75) is 13.8 Å². The van der Waals surface area contributed by atoms with Crippen LogP contribution in [-0.4, -0.2) is 0 Å². The lowest BCUT2D eigenvalue weighted by Gasteiger charge is -2.10. The maximum Gasteiger partial charge on any atom is 0.131 e. The van der Waals surface area contributed by atoms with E-state index in [0.29, 0.717) is 22.7 Å². The van der Waals surface area contributed by atoms with Gasteiger partial charge in [-0.05, 0) is 49.2 Å². The predicted octanol–water partition coefficient (Wildman–Crippen LogP) is 3.55. The van der Waals surface area contributed by atoms with Gasteiger partial charge in [-0.3, -0.25) is 0 Å². The fourth-order valence-electron chi connectivity index (χ4n) is 1.74. The van der Waals surface area contributed by atoms with E-state index in [4.69, 9.17) is 15.7 Å². The summed E-state index contributed by atoms with van der Waals surface area (Å²) in [5.74, 6) is 1.37. The molecule has 0 radical (unpaired) electrons. The fraction of sp³-hybridized carbons (Fsp3) is 0.133. The lowest BCUT2D eigenvalue weighted by atomic mass is 10.1. The summed E-state index contributed by atoms with van der Waals surface area (Å²) in [6, 6.07) is 13.0. The van der Waals surface area contributed by atoms with E-state index in [0.717, 1.165) is 11.1 Å². The van der Waals surface area contributed by atoms with Crippen molar-refractivity contribution in [2.24, 2.45) is 0 Å². The second-order valence-electron chi connectivity index (χ2n) is 4.27. The third kappa shape index (κ3) is 2.61. The highest BCUT2D eigenvalue weighted by molar-refractivity contribution is 5.50. The van der Waals surface area contributed by atoms with Crippen LogP contribution in [0.15, 0.2) is 36.4 Å². The van der Waals surface area contributed by atoms with Crippen molar-refractivity contribution in [2.75, 3.05) is 5.73 Å². The number of hydrogen-bond donors (Lipinski definition) is 1. The number of ether oxygens (including phenoxy) is 1. The second kappa shape index (κ2) is 4.80. The van der Waals surface area contributed by atoms with Gasteiger partial charge in [0.1, 0.15) is 11.5 Å². The number of benzene rings is 2. The Morgan fingerprint density at radius 3 is 2.56 bits per heavy atom. The molecule has 0 unspecified atom stereocenters. The Bertz CT molecular complexity index is 607. The predicted molar refractivity (Wildman–Crippen MR) is 71.6 cm³/mol. The molecule has 2 aromatic carbocycles. The normalized spacial score (nSPS) is 9.83. The number of anilines is 1. The van der Waals surface area contributed by atoms with Crippen LogP contribution in [-0.2, 0) is 0 Å². The van der Waals surface area contributed by atoms with Gasteiger partial charge in [0.2, 0.25) is 0 Å². The molecule has 2 rings (SSSR count). The number of nitrogens with two attached hydrogens (primary N) is 1. The van der Waals surface area contributed by atoms with E-state index in [-0.39, 0.29) is 0 Å². The van der Waals surface area contributed by atoms with Crippen LogP contribution in [0.2, 0.25) is 0 Å². The fourth-order valence-corrected chi connectivity index (χ4v) is 1.74. The number of nitriles is 1. The molecule has 0 heterocycles. The van der Waals surface area contributed by atoms with Crippen LogP contribution in [0.25, 0.3) is 0 Å². The van der Waals surface area contributed by atoms with Crippen molar-refractivity contribution in [3.63, 3.8) is 0 Å². The van der Waals surface area contributed by atoms with Gasteiger partial charge >= 0.3 is 0 Å². The molecule has 18 heavy (non-hydrogen) atoms.